The van der Waals surface area contributed by atoms with E-state index in [0.29, 0.717) is 0 Å². The maximum Gasteiger partial charge on any atom is 0.137 e. The molecule has 4 aromatic carbocycles. The summed E-state index contributed by atoms with van der Waals surface area (Å²) >= 11 is 0. The fraction of sp³-hybridized carbons (Fsp3) is 0.463. The van der Waals surface area contributed by atoms with Crippen LogP contribution in [0.25, 0.3) is 0 Å². The molecular formula is C54H70N4. The van der Waals surface area contributed by atoms with E-state index in [-0.39, 0.29) is 23.5 Å². The number of hydrogen-bond donors (Lipinski definition) is 0. The van der Waals surface area contributed by atoms with Crippen LogP contribution < -0.4 is 14.7 Å². The second-order valence-electron chi connectivity index (χ2n) is 18.2. The molecule has 1 saturated carbocycles. The number of rotatable bonds is 3. The lowest BCUT2D eigenvalue weighted by Gasteiger charge is -2.41. The molecule has 1 aliphatic carbocycles. The highest BCUT2D eigenvalue weighted by molar-refractivity contribution is 5.76. The third-order valence-electron chi connectivity index (χ3n) is 14.0. The van der Waals surface area contributed by atoms with Gasteiger partial charge in [0.1, 0.15) is 5.82 Å². The summed E-state index contributed by atoms with van der Waals surface area (Å²) in [7, 11) is 0. The van der Waals surface area contributed by atoms with Gasteiger partial charge in [0.2, 0.25) is 0 Å². The van der Waals surface area contributed by atoms with Gasteiger partial charge in [-0.05, 0) is 133 Å². The summed E-state index contributed by atoms with van der Waals surface area (Å²) < 4.78 is 66.6. The molecule has 5 atom stereocenters. The molecule has 4 nitrogen and oxygen atoms in total. The Labute approximate surface area is 363 Å². The lowest BCUT2D eigenvalue weighted by Crippen LogP contribution is -2.44. The van der Waals surface area contributed by atoms with Crippen LogP contribution in [0.4, 0.5) is 28.6 Å². The molecule has 4 heterocycles. The summed E-state index contributed by atoms with van der Waals surface area (Å²) in [6.45, 7) is 16.2. The molecule has 5 aromatic rings. The molecule has 0 bridgehead atoms. The number of anilines is 5. The summed E-state index contributed by atoms with van der Waals surface area (Å²) in [4.78, 5) is 11.1. The summed E-state index contributed by atoms with van der Waals surface area (Å²) in [6, 6.07) is 36.1. The minimum atomic E-state index is -2.10. The molecule has 0 radical (unpaired) electrons. The third kappa shape index (κ3) is 7.24. The van der Waals surface area contributed by atoms with Gasteiger partial charge in [-0.3, -0.25) is 0 Å². The Hall–Kier alpha value is -4.57. The SMILES string of the molecule is [2H]C([2H])([2H])C1(C)c2ccccc2N(c2ccccc2C)[C@H]1C.[2H]C([2H])([2H])C1(C)c2cccnc2N(c2ccccc2C)[C@H]1C.[2H]C1([2H])C2(CCCCC2)[C@H](C)N(c2ccccc2C)C1(C)C. The summed E-state index contributed by atoms with van der Waals surface area (Å²) in [5.74, 6) is 0.753. The van der Waals surface area contributed by atoms with Crippen molar-refractivity contribution in [3.63, 3.8) is 0 Å². The van der Waals surface area contributed by atoms with E-state index in [0.717, 1.165) is 58.0 Å². The zero-order valence-electron chi connectivity index (χ0n) is 44.5. The van der Waals surface area contributed by atoms with Gasteiger partial charge < -0.3 is 14.7 Å². The first-order chi connectivity index (χ1) is 30.8. The minimum absolute atomic E-state index is 0.140. The summed E-state index contributed by atoms with van der Waals surface area (Å²) in [6.07, 6.45) is 6.18. The van der Waals surface area contributed by atoms with Gasteiger partial charge in [0.15, 0.2) is 0 Å². The zero-order chi connectivity index (χ0) is 48.4. The summed E-state index contributed by atoms with van der Waals surface area (Å²) in [5.41, 5.74) is 6.98. The van der Waals surface area contributed by atoms with Crippen LogP contribution >= 0.6 is 0 Å². The molecule has 306 valence electrons. The smallest absolute Gasteiger partial charge is 0.137 e. The highest BCUT2D eigenvalue weighted by atomic mass is 15.3. The molecule has 3 aliphatic heterocycles. The third-order valence-corrected chi connectivity index (χ3v) is 14.0. The van der Waals surface area contributed by atoms with E-state index < -0.39 is 36.4 Å². The Kier molecular flexibility index (Phi) is 8.85. The van der Waals surface area contributed by atoms with E-state index in [4.69, 9.17) is 11.0 Å². The van der Waals surface area contributed by atoms with Crippen LogP contribution in [-0.4, -0.2) is 28.6 Å². The van der Waals surface area contributed by atoms with Crippen molar-refractivity contribution >= 4 is 28.6 Å². The van der Waals surface area contributed by atoms with Crippen molar-refractivity contribution in [2.75, 3.05) is 14.7 Å². The Balaban J connectivity index is 0.000000147. The van der Waals surface area contributed by atoms with Gasteiger partial charge in [-0.15, -0.1) is 0 Å². The molecule has 4 heteroatoms. The Morgan fingerprint density at radius 2 is 1.02 bits per heavy atom. The Morgan fingerprint density at radius 1 is 0.552 bits per heavy atom. The van der Waals surface area contributed by atoms with Gasteiger partial charge in [0.25, 0.3) is 0 Å². The average Bonchev–Trinajstić information content (AvgIpc) is 3.69. The lowest BCUT2D eigenvalue weighted by atomic mass is 9.68. The van der Waals surface area contributed by atoms with Crippen LogP contribution in [0, 0.1) is 26.2 Å². The maximum absolute atomic E-state index is 9.04. The second-order valence-corrected chi connectivity index (χ2v) is 18.2. The number of aryl methyl sites for hydroxylation is 3. The first kappa shape index (κ1) is 32.3. The van der Waals surface area contributed by atoms with Crippen LogP contribution in [0.2, 0.25) is 0 Å². The number of pyridine rings is 1. The van der Waals surface area contributed by atoms with Crippen molar-refractivity contribution in [1.29, 1.82) is 0 Å². The first-order valence-corrected chi connectivity index (χ1v) is 21.4. The predicted octanol–water partition coefficient (Wildman–Crippen LogP) is 14.3. The van der Waals surface area contributed by atoms with Gasteiger partial charge >= 0.3 is 0 Å². The Morgan fingerprint density at radius 3 is 1.59 bits per heavy atom. The molecule has 2 unspecified atom stereocenters. The van der Waals surface area contributed by atoms with Crippen molar-refractivity contribution in [2.45, 2.75) is 156 Å². The highest BCUT2D eigenvalue weighted by Gasteiger charge is 2.53. The maximum atomic E-state index is 9.04. The standard InChI is InChI=1S/C19H29N.C18H21N.C17H20N2/c1-15-10-6-7-11-17(15)20-16(2)19(14-18(20,3)4)12-8-5-9-13-19;1-13-9-5-7-11-16(13)19-14(2)18(3,4)15-10-6-8-12-17(15)19;1-12-8-5-6-10-15(12)19-13(2)17(3,4)14-9-7-11-18-16(14)19/h6-7,10-11,16H,5,8-9,12-14H2,1-4H3;5-12,14H,1-4H3;5-11,13H,1-4H3/t16-;14-;13-/m000/s1/i14D2;2*3D3/tm;14-,18?;13-,17?. The van der Waals surface area contributed by atoms with Gasteiger partial charge in [0.05, 0.1) is 0 Å². The number of nitrogens with zero attached hydrogens (tertiary/aromatic N) is 4. The van der Waals surface area contributed by atoms with Crippen molar-refractivity contribution in [3.8, 4) is 0 Å². The van der Waals surface area contributed by atoms with Gasteiger partial charge in [-0.1, -0.05) is 126 Å². The van der Waals surface area contributed by atoms with Crippen LogP contribution in [-0.2, 0) is 10.8 Å². The van der Waals surface area contributed by atoms with Crippen LogP contribution in [0.15, 0.2) is 115 Å². The molecule has 1 saturated heterocycles. The number of fused-ring (bicyclic) bond motifs is 2. The largest absolute Gasteiger partial charge is 0.363 e. The minimum Gasteiger partial charge on any atom is -0.363 e. The molecule has 0 N–H and O–H groups in total. The lowest BCUT2D eigenvalue weighted by molar-refractivity contribution is 0.170. The highest BCUT2D eigenvalue weighted by Crippen LogP contribution is 2.56. The predicted molar refractivity (Wildman–Crippen MR) is 250 cm³/mol. The molecule has 58 heavy (non-hydrogen) atoms. The number of para-hydroxylation sites is 4. The van der Waals surface area contributed by atoms with Crippen molar-refractivity contribution < 1.29 is 11.0 Å². The van der Waals surface area contributed by atoms with Crippen molar-refractivity contribution in [1.82, 2.24) is 4.98 Å². The molecular weight excluding hydrogens is 705 g/mol. The molecule has 1 aromatic heterocycles. The average molecular weight is 783 g/mol. The normalized spacial score (nSPS) is 29.7. The molecule has 0 amide bonds. The number of aromatic nitrogens is 1. The van der Waals surface area contributed by atoms with Crippen molar-refractivity contribution in [3.05, 3.63) is 143 Å². The molecule has 4 aliphatic rings. The Bertz CT molecular complexity index is 2400. The van der Waals surface area contributed by atoms with Crippen molar-refractivity contribution in [2.24, 2.45) is 5.41 Å². The van der Waals surface area contributed by atoms with E-state index in [2.05, 4.69) is 90.7 Å². The topological polar surface area (TPSA) is 22.6 Å². The quantitative estimate of drug-likeness (QED) is 0.182. The van der Waals surface area contributed by atoms with Gasteiger partial charge in [-0.2, -0.15) is 0 Å². The van der Waals surface area contributed by atoms with E-state index >= 15 is 0 Å². The number of benzene rings is 4. The fourth-order valence-electron chi connectivity index (χ4n) is 10.4. The summed E-state index contributed by atoms with van der Waals surface area (Å²) in [5, 5.41) is 0. The monoisotopic (exact) mass is 783 g/mol. The van der Waals surface area contributed by atoms with Crippen LogP contribution in [0.5, 0.6) is 0 Å². The number of hydrogen-bond acceptors (Lipinski definition) is 4. The van der Waals surface area contributed by atoms with Gasteiger partial charge in [0, 0.05) is 80.0 Å². The van der Waals surface area contributed by atoms with E-state index in [9.17, 15) is 0 Å². The fourth-order valence-corrected chi connectivity index (χ4v) is 10.4. The van der Waals surface area contributed by atoms with Gasteiger partial charge in [-0.25, -0.2) is 4.98 Å². The van der Waals surface area contributed by atoms with E-state index in [1.807, 2.05) is 107 Å². The molecule has 2 fully saturated rings. The zero-order valence-corrected chi connectivity index (χ0v) is 36.5. The van der Waals surface area contributed by atoms with Crippen LogP contribution in [0.3, 0.4) is 0 Å². The second kappa shape index (κ2) is 15.9. The van der Waals surface area contributed by atoms with E-state index in [1.165, 1.54) is 30.5 Å². The molecule has 1 spiro atoms. The molecule has 9 rings (SSSR count). The first-order valence-electron chi connectivity index (χ1n) is 25.4. The van der Waals surface area contributed by atoms with Crippen LogP contribution in [0.1, 0.15) is 139 Å². The van der Waals surface area contributed by atoms with E-state index in [1.54, 1.807) is 6.20 Å².